The minimum atomic E-state index is -0.430. The SMILES string of the molecule is CC(C)(CCO)NC(=O)Nc1cccnc1. The Morgan fingerprint density at radius 1 is 1.56 bits per heavy atom. The quantitative estimate of drug-likeness (QED) is 0.721. The topological polar surface area (TPSA) is 74.2 Å². The molecule has 16 heavy (non-hydrogen) atoms. The van der Waals surface area contributed by atoms with Gasteiger partial charge in [0.25, 0.3) is 0 Å². The summed E-state index contributed by atoms with van der Waals surface area (Å²) in [7, 11) is 0. The summed E-state index contributed by atoms with van der Waals surface area (Å²) >= 11 is 0. The van der Waals surface area contributed by atoms with Crippen molar-refractivity contribution < 1.29 is 9.90 Å². The summed E-state index contributed by atoms with van der Waals surface area (Å²) in [5.41, 5.74) is 0.209. The largest absolute Gasteiger partial charge is 0.396 e. The summed E-state index contributed by atoms with van der Waals surface area (Å²) in [5.74, 6) is 0. The summed E-state index contributed by atoms with van der Waals surface area (Å²) < 4.78 is 0. The van der Waals surface area contributed by atoms with E-state index in [1.165, 1.54) is 0 Å². The van der Waals surface area contributed by atoms with Crippen LogP contribution in [0.15, 0.2) is 24.5 Å². The Morgan fingerprint density at radius 2 is 2.31 bits per heavy atom. The molecule has 0 aliphatic heterocycles. The number of hydrogen-bond acceptors (Lipinski definition) is 3. The summed E-state index contributed by atoms with van der Waals surface area (Å²) in [6.45, 7) is 3.75. The molecule has 1 rings (SSSR count). The molecular formula is C11H17N3O2. The van der Waals surface area contributed by atoms with Gasteiger partial charge in [0.05, 0.1) is 11.9 Å². The Kier molecular flexibility index (Phi) is 4.25. The lowest BCUT2D eigenvalue weighted by atomic mass is 10.0. The number of aliphatic hydroxyl groups is 1. The lowest BCUT2D eigenvalue weighted by molar-refractivity contribution is 0.218. The van der Waals surface area contributed by atoms with Gasteiger partial charge in [-0.25, -0.2) is 4.79 Å². The molecule has 0 fully saturated rings. The number of urea groups is 1. The number of anilines is 1. The van der Waals surface area contributed by atoms with E-state index in [2.05, 4.69) is 15.6 Å². The Balaban J connectivity index is 2.48. The van der Waals surface area contributed by atoms with Crippen LogP contribution < -0.4 is 10.6 Å². The van der Waals surface area contributed by atoms with Gasteiger partial charge in [0, 0.05) is 18.3 Å². The third kappa shape index (κ3) is 4.27. The van der Waals surface area contributed by atoms with Crippen LogP contribution in [0.3, 0.4) is 0 Å². The van der Waals surface area contributed by atoms with Gasteiger partial charge in [0.1, 0.15) is 0 Å². The fourth-order valence-electron chi connectivity index (χ4n) is 1.25. The van der Waals surface area contributed by atoms with Crippen LogP contribution in [-0.4, -0.2) is 28.3 Å². The van der Waals surface area contributed by atoms with Crippen LogP contribution in [0.25, 0.3) is 0 Å². The average Bonchev–Trinajstić information content (AvgIpc) is 2.17. The zero-order valence-electron chi connectivity index (χ0n) is 9.53. The number of amides is 2. The van der Waals surface area contributed by atoms with Crippen LogP contribution in [0, 0.1) is 0 Å². The Morgan fingerprint density at radius 3 is 2.88 bits per heavy atom. The molecule has 1 heterocycles. The smallest absolute Gasteiger partial charge is 0.319 e. The number of carbonyl (C=O) groups excluding carboxylic acids is 1. The van der Waals surface area contributed by atoms with Crippen molar-refractivity contribution in [1.29, 1.82) is 0 Å². The van der Waals surface area contributed by atoms with E-state index in [0.29, 0.717) is 12.1 Å². The molecule has 5 heteroatoms. The maximum atomic E-state index is 11.6. The van der Waals surface area contributed by atoms with Crippen LogP contribution in [0.4, 0.5) is 10.5 Å². The van der Waals surface area contributed by atoms with Crippen LogP contribution in [0.1, 0.15) is 20.3 Å². The minimum Gasteiger partial charge on any atom is -0.396 e. The molecule has 0 unspecified atom stereocenters. The standard InChI is InChI=1S/C11H17N3O2/c1-11(2,5-7-15)14-10(16)13-9-4-3-6-12-8-9/h3-4,6,8,15H,5,7H2,1-2H3,(H2,13,14,16). The van der Waals surface area contributed by atoms with Crippen molar-refractivity contribution in [2.75, 3.05) is 11.9 Å². The number of carbonyl (C=O) groups is 1. The van der Waals surface area contributed by atoms with Crippen molar-refractivity contribution in [3.63, 3.8) is 0 Å². The van der Waals surface area contributed by atoms with Crippen molar-refractivity contribution >= 4 is 11.7 Å². The molecular weight excluding hydrogens is 206 g/mol. The van der Waals surface area contributed by atoms with E-state index in [-0.39, 0.29) is 12.6 Å². The number of nitrogens with one attached hydrogen (secondary N) is 2. The third-order valence-electron chi connectivity index (χ3n) is 2.11. The highest BCUT2D eigenvalue weighted by atomic mass is 16.3. The van der Waals surface area contributed by atoms with Gasteiger partial charge in [0.2, 0.25) is 0 Å². The molecule has 0 saturated heterocycles. The minimum absolute atomic E-state index is 0.0418. The first-order valence-electron chi connectivity index (χ1n) is 5.13. The Labute approximate surface area is 94.9 Å². The van der Waals surface area contributed by atoms with Gasteiger partial charge in [-0.2, -0.15) is 0 Å². The van der Waals surface area contributed by atoms with Crippen LogP contribution in [0.2, 0.25) is 0 Å². The molecule has 0 radical (unpaired) electrons. The number of nitrogens with zero attached hydrogens (tertiary/aromatic N) is 1. The lowest BCUT2D eigenvalue weighted by Crippen LogP contribution is -2.46. The second kappa shape index (κ2) is 5.46. The van der Waals surface area contributed by atoms with Crippen molar-refractivity contribution in [1.82, 2.24) is 10.3 Å². The second-order valence-electron chi connectivity index (χ2n) is 4.18. The fraction of sp³-hybridized carbons (Fsp3) is 0.455. The molecule has 0 bridgehead atoms. The summed E-state index contributed by atoms with van der Waals surface area (Å²) in [6, 6.07) is 3.20. The maximum absolute atomic E-state index is 11.6. The van der Waals surface area contributed by atoms with Gasteiger partial charge < -0.3 is 15.7 Å². The van der Waals surface area contributed by atoms with Gasteiger partial charge in [0.15, 0.2) is 0 Å². The molecule has 0 spiro atoms. The normalized spacial score (nSPS) is 10.9. The molecule has 0 saturated carbocycles. The van der Waals surface area contributed by atoms with Crippen molar-refractivity contribution in [2.45, 2.75) is 25.8 Å². The molecule has 88 valence electrons. The van der Waals surface area contributed by atoms with E-state index in [1.54, 1.807) is 24.5 Å². The van der Waals surface area contributed by atoms with E-state index >= 15 is 0 Å². The first-order valence-corrected chi connectivity index (χ1v) is 5.13. The molecule has 5 nitrogen and oxygen atoms in total. The van der Waals surface area contributed by atoms with Crippen LogP contribution >= 0.6 is 0 Å². The molecule has 3 N–H and O–H groups in total. The highest BCUT2D eigenvalue weighted by molar-refractivity contribution is 5.89. The van der Waals surface area contributed by atoms with E-state index < -0.39 is 5.54 Å². The van der Waals surface area contributed by atoms with Crippen LogP contribution in [0.5, 0.6) is 0 Å². The molecule has 0 aliphatic rings. The van der Waals surface area contributed by atoms with Crippen LogP contribution in [-0.2, 0) is 0 Å². The van der Waals surface area contributed by atoms with Gasteiger partial charge in [-0.1, -0.05) is 0 Å². The summed E-state index contributed by atoms with van der Waals surface area (Å²) in [4.78, 5) is 15.5. The zero-order valence-corrected chi connectivity index (χ0v) is 9.53. The highest BCUT2D eigenvalue weighted by Crippen LogP contribution is 2.08. The molecule has 0 aromatic carbocycles. The van der Waals surface area contributed by atoms with E-state index in [9.17, 15) is 4.79 Å². The zero-order chi connectivity index (χ0) is 12.0. The van der Waals surface area contributed by atoms with Gasteiger partial charge in [-0.05, 0) is 32.4 Å². The number of aromatic nitrogens is 1. The number of aliphatic hydroxyl groups excluding tert-OH is 1. The maximum Gasteiger partial charge on any atom is 0.319 e. The third-order valence-corrected chi connectivity index (χ3v) is 2.11. The van der Waals surface area contributed by atoms with Crippen molar-refractivity contribution in [3.05, 3.63) is 24.5 Å². The number of pyridine rings is 1. The van der Waals surface area contributed by atoms with Gasteiger partial charge >= 0.3 is 6.03 Å². The Bertz CT molecular complexity index is 338. The van der Waals surface area contributed by atoms with Gasteiger partial charge in [-0.15, -0.1) is 0 Å². The first-order chi connectivity index (χ1) is 7.53. The molecule has 0 aliphatic carbocycles. The summed E-state index contributed by atoms with van der Waals surface area (Å²) in [5, 5.41) is 14.3. The first kappa shape index (κ1) is 12.4. The lowest BCUT2D eigenvalue weighted by Gasteiger charge is -2.25. The fourth-order valence-corrected chi connectivity index (χ4v) is 1.25. The van der Waals surface area contributed by atoms with E-state index in [0.717, 1.165) is 0 Å². The van der Waals surface area contributed by atoms with Crippen molar-refractivity contribution in [2.24, 2.45) is 0 Å². The highest BCUT2D eigenvalue weighted by Gasteiger charge is 2.19. The van der Waals surface area contributed by atoms with Crippen molar-refractivity contribution in [3.8, 4) is 0 Å². The molecule has 1 aromatic rings. The van der Waals surface area contributed by atoms with E-state index in [4.69, 9.17) is 5.11 Å². The molecule has 2 amide bonds. The summed E-state index contributed by atoms with van der Waals surface area (Å²) in [6.07, 6.45) is 3.71. The number of hydrogen-bond donors (Lipinski definition) is 3. The Hall–Kier alpha value is -1.62. The van der Waals surface area contributed by atoms with Gasteiger partial charge in [-0.3, -0.25) is 4.98 Å². The predicted molar refractivity (Wildman–Crippen MR) is 62.2 cm³/mol. The molecule has 1 aromatic heterocycles. The second-order valence-corrected chi connectivity index (χ2v) is 4.18. The predicted octanol–water partition coefficient (Wildman–Crippen LogP) is 1.36. The van der Waals surface area contributed by atoms with E-state index in [1.807, 2.05) is 13.8 Å². The number of rotatable bonds is 4. The molecule has 0 atom stereocenters. The average molecular weight is 223 g/mol. The monoisotopic (exact) mass is 223 g/mol.